The van der Waals surface area contributed by atoms with Crippen LogP contribution in [0.4, 0.5) is 18.9 Å². The number of amides is 1. The number of aromatic nitrogens is 3. The Morgan fingerprint density at radius 3 is 2.40 bits per heavy atom. The minimum atomic E-state index is -4.47. The monoisotopic (exact) mass is 418 g/mol. The molecule has 0 aliphatic rings. The third kappa shape index (κ3) is 4.65. The van der Waals surface area contributed by atoms with Crippen molar-refractivity contribution >= 4 is 11.6 Å². The summed E-state index contributed by atoms with van der Waals surface area (Å²) in [5.41, 5.74) is -0.388. The summed E-state index contributed by atoms with van der Waals surface area (Å²) in [5, 5.41) is 6.69. The summed E-state index contributed by atoms with van der Waals surface area (Å²) in [6.07, 6.45) is -4.47. The zero-order chi connectivity index (χ0) is 21.9. The van der Waals surface area contributed by atoms with E-state index < -0.39 is 29.2 Å². The number of hydrogen-bond acceptors (Lipinski definition) is 5. The number of nitrogens with zero attached hydrogens (tertiary/aromatic N) is 3. The number of ether oxygens (including phenoxy) is 1. The molecule has 0 saturated carbocycles. The predicted molar refractivity (Wildman–Crippen MR) is 103 cm³/mol. The van der Waals surface area contributed by atoms with E-state index in [-0.39, 0.29) is 5.69 Å². The maximum Gasteiger partial charge on any atom is 0.416 e. The number of nitrogens with one attached hydrogen (secondary N) is 1. The van der Waals surface area contributed by atoms with Gasteiger partial charge >= 0.3 is 6.18 Å². The Balaban J connectivity index is 1.82. The van der Waals surface area contributed by atoms with Crippen molar-refractivity contribution in [2.45, 2.75) is 19.1 Å². The van der Waals surface area contributed by atoms with Crippen molar-refractivity contribution in [3.05, 3.63) is 70.5 Å². The van der Waals surface area contributed by atoms with E-state index in [0.29, 0.717) is 17.3 Å². The molecule has 10 heteroatoms. The second kappa shape index (κ2) is 8.36. The van der Waals surface area contributed by atoms with Gasteiger partial charge in [0, 0.05) is 17.8 Å². The molecule has 0 aliphatic heterocycles. The van der Waals surface area contributed by atoms with Crippen LogP contribution in [0.5, 0.6) is 5.88 Å². The number of hydrogen-bond donors (Lipinski definition) is 1. The molecule has 1 amide bonds. The Morgan fingerprint density at radius 1 is 1.07 bits per heavy atom. The highest BCUT2D eigenvalue weighted by Gasteiger charge is 2.30. The number of rotatable bonds is 5. The molecule has 0 aliphatic carbocycles. The van der Waals surface area contributed by atoms with Crippen molar-refractivity contribution in [1.82, 2.24) is 14.8 Å². The van der Waals surface area contributed by atoms with Gasteiger partial charge in [0.15, 0.2) is 0 Å². The van der Waals surface area contributed by atoms with Crippen molar-refractivity contribution in [3.8, 4) is 17.3 Å². The zero-order valence-corrected chi connectivity index (χ0v) is 16.0. The minimum absolute atomic E-state index is 0.165. The molecule has 30 heavy (non-hydrogen) atoms. The van der Waals surface area contributed by atoms with Crippen LogP contribution in [0.15, 0.2) is 59.4 Å². The van der Waals surface area contributed by atoms with Crippen LogP contribution in [0.3, 0.4) is 0 Å². The molecule has 156 valence electrons. The summed E-state index contributed by atoms with van der Waals surface area (Å²) in [5.74, 6) is -0.250. The standard InChI is InChI=1S/C20H17F3N4O3/c1-12(19(29)24-14-8-6-13(7-9-14)20(21,22)23)27-18(28)11-10-16(26-27)15-4-3-5-17(25-15)30-2/h3-12H,1-2H3,(H,24,29). The largest absolute Gasteiger partial charge is 0.481 e. The van der Waals surface area contributed by atoms with Gasteiger partial charge in [0.25, 0.3) is 5.56 Å². The van der Waals surface area contributed by atoms with E-state index in [1.54, 1.807) is 18.2 Å². The molecule has 1 atom stereocenters. The molecule has 1 unspecified atom stereocenters. The Morgan fingerprint density at radius 2 is 1.77 bits per heavy atom. The van der Waals surface area contributed by atoms with Gasteiger partial charge in [0.2, 0.25) is 11.8 Å². The fraction of sp³-hybridized carbons (Fsp3) is 0.200. The van der Waals surface area contributed by atoms with Crippen LogP contribution in [0, 0.1) is 0 Å². The summed E-state index contributed by atoms with van der Waals surface area (Å²) >= 11 is 0. The lowest BCUT2D eigenvalue weighted by atomic mass is 10.2. The molecule has 3 aromatic rings. The molecule has 3 rings (SSSR count). The first-order valence-corrected chi connectivity index (χ1v) is 8.78. The van der Waals surface area contributed by atoms with Gasteiger partial charge in [-0.2, -0.15) is 18.3 Å². The molecule has 2 aromatic heterocycles. The van der Waals surface area contributed by atoms with E-state index in [2.05, 4.69) is 15.4 Å². The van der Waals surface area contributed by atoms with Gasteiger partial charge in [-0.05, 0) is 43.3 Å². The average Bonchev–Trinajstić information content (AvgIpc) is 2.73. The smallest absolute Gasteiger partial charge is 0.416 e. The van der Waals surface area contributed by atoms with E-state index >= 15 is 0 Å². The van der Waals surface area contributed by atoms with Crippen LogP contribution in [0.25, 0.3) is 11.4 Å². The van der Waals surface area contributed by atoms with Crippen LogP contribution in [-0.4, -0.2) is 27.8 Å². The minimum Gasteiger partial charge on any atom is -0.481 e. The molecule has 0 radical (unpaired) electrons. The van der Waals surface area contributed by atoms with Crippen molar-refractivity contribution in [1.29, 1.82) is 0 Å². The number of halogens is 3. The second-order valence-electron chi connectivity index (χ2n) is 6.31. The van der Waals surface area contributed by atoms with Gasteiger partial charge in [-0.3, -0.25) is 9.59 Å². The van der Waals surface area contributed by atoms with Gasteiger partial charge in [-0.25, -0.2) is 9.67 Å². The highest BCUT2D eigenvalue weighted by atomic mass is 19.4. The molecule has 0 bridgehead atoms. The highest BCUT2D eigenvalue weighted by Crippen LogP contribution is 2.30. The molecule has 1 N–H and O–H groups in total. The van der Waals surface area contributed by atoms with Crippen LogP contribution in [0.2, 0.25) is 0 Å². The lowest BCUT2D eigenvalue weighted by molar-refractivity contribution is -0.137. The summed E-state index contributed by atoms with van der Waals surface area (Å²) in [6.45, 7) is 1.45. The molecule has 2 heterocycles. The van der Waals surface area contributed by atoms with Gasteiger partial charge < -0.3 is 10.1 Å². The predicted octanol–water partition coefficient (Wildman–Crippen LogP) is 3.53. The fourth-order valence-corrected chi connectivity index (χ4v) is 2.61. The number of carbonyl (C=O) groups is 1. The first-order chi connectivity index (χ1) is 14.2. The maximum atomic E-state index is 12.7. The van der Waals surface area contributed by atoms with E-state index in [1.165, 1.54) is 26.2 Å². The van der Waals surface area contributed by atoms with E-state index in [1.807, 2.05) is 0 Å². The van der Waals surface area contributed by atoms with Crippen molar-refractivity contribution in [3.63, 3.8) is 0 Å². The third-order valence-corrected chi connectivity index (χ3v) is 4.25. The molecule has 0 fully saturated rings. The normalized spacial score (nSPS) is 12.3. The quantitative estimate of drug-likeness (QED) is 0.685. The summed E-state index contributed by atoms with van der Waals surface area (Å²) in [6, 6.07) is 10.7. The van der Waals surface area contributed by atoms with Gasteiger partial charge in [-0.15, -0.1) is 0 Å². The number of carbonyl (C=O) groups excluding carboxylic acids is 1. The molecule has 0 spiro atoms. The Kier molecular flexibility index (Phi) is 5.86. The van der Waals surface area contributed by atoms with Crippen molar-refractivity contribution in [2.75, 3.05) is 12.4 Å². The van der Waals surface area contributed by atoms with Crippen LogP contribution in [-0.2, 0) is 11.0 Å². The van der Waals surface area contributed by atoms with Crippen LogP contribution >= 0.6 is 0 Å². The average molecular weight is 418 g/mol. The maximum absolute atomic E-state index is 12.7. The van der Waals surface area contributed by atoms with Crippen molar-refractivity contribution < 1.29 is 22.7 Å². The molecular formula is C20H17F3N4O3. The highest BCUT2D eigenvalue weighted by molar-refractivity contribution is 5.93. The topological polar surface area (TPSA) is 86.1 Å². The van der Waals surface area contributed by atoms with Crippen molar-refractivity contribution in [2.24, 2.45) is 0 Å². The summed E-state index contributed by atoms with van der Waals surface area (Å²) < 4.78 is 44.0. The lowest BCUT2D eigenvalue weighted by Gasteiger charge is -2.15. The SMILES string of the molecule is COc1cccc(-c2ccc(=O)n(C(C)C(=O)Nc3ccc(C(F)(F)F)cc3)n2)n1. The van der Waals surface area contributed by atoms with Gasteiger partial charge in [0.1, 0.15) is 11.7 Å². The first kappa shape index (κ1) is 21.0. The fourth-order valence-electron chi connectivity index (χ4n) is 2.61. The van der Waals surface area contributed by atoms with Gasteiger partial charge in [-0.1, -0.05) is 6.07 Å². The van der Waals surface area contributed by atoms with E-state index in [9.17, 15) is 22.8 Å². The zero-order valence-electron chi connectivity index (χ0n) is 16.0. The number of benzene rings is 1. The first-order valence-electron chi connectivity index (χ1n) is 8.78. The molecular weight excluding hydrogens is 401 g/mol. The lowest BCUT2D eigenvalue weighted by Crippen LogP contribution is -2.33. The third-order valence-electron chi connectivity index (χ3n) is 4.25. The Hall–Kier alpha value is -3.69. The number of methoxy groups -OCH3 is 1. The number of alkyl halides is 3. The van der Waals surface area contributed by atoms with Crippen LogP contribution < -0.4 is 15.6 Å². The Labute approximate surface area is 169 Å². The molecule has 0 saturated heterocycles. The Bertz CT molecular complexity index is 1110. The number of pyridine rings is 1. The summed E-state index contributed by atoms with van der Waals surface area (Å²) in [7, 11) is 1.47. The van der Waals surface area contributed by atoms with Gasteiger partial charge in [0.05, 0.1) is 18.4 Å². The number of anilines is 1. The van der Waals surface area contributed by atoms with E-state index in [4.69, 9.17) is 4.74 Å². The summed E-state index contributed by atoms with van der Waals surface area (Å²) in [4.78, 5) is 29.0. The second-order valence-corrected chi connectivity index (χ2v) is 6.31. The molecule has 7 nitrogen and oxygen atoms in total. The van der Waals surface area contributed by atoms with Crippen LogP contribution in [0.1, 0.15) is 18.5 Å². The van der Waals surface area contributed by atoms with E-state index in [0.717, 1.165) is 28.9 Å². The molecule has 1 aromatic carbocycles.